The second-order valence-electron chi connectivity index (χ2n) is 3.72. The van der Waals surface area contributed by atoms with Gasteiger partial charge in [-0.25, -0.2) is 13.1 Å². The van der Waals surface area contributed by atoms with Crippen LogP contribution < -0.4 is 10.5 Å². The Labute approximate surface area is 88.9 Å². The molecule has 1 amide bonds. The van der Waals surface area contributed by atoms with Gasteiger partial charge >= 0.3 is 0 Å². The zero-order valence-electron chi connectivity index (χ0n) is 8.35. The lowest BCUT2D eigenvalue weighted by Crippen LogP contribution is -2.42. The average molecular weight is 236 g/mol. The minimum Gasteiger partial charge on any atom is -0.382 e. The fourth-order valence-electron chi connectivity index (χ4n) is 1.61. The van der Waals surface area contributed by atoms with Gasteiger partial charge in [-0.3, -0.25) is 4.79 Å². The first-order valence-corrected chi connectivity index (χ1v) is 6.44. The number of hydrogen-bond donors (Lipinski definition) is 3. The van der Waals surface area contributed by atoms with Crippen molar-refractivity contribution < 1.29 is 18.3 Å². The second kappa shape index (κ2) is 4.91. The van der Waals surface area contributed by atoms with Crippen molar-refractivity contribution in [2.75, 3.05) is 6.54 Å². The molecule has 6 nitrogen and oxygen atoms in total. The van der Waals surface area contributed by atoms with Crippen molar-refractivity contribution >= 4 is 15.9 Å². The molecule has 15 heavy (non-hydrogen) atoms. The van der Waals surface area contributed by atoms with Gasteiger partial charge in [0.1, 0.15) is 6.10 Å². The van der Waals surface area contributed by atoms with Gasteiger partial charge in [0, 0.05) is 6.54 Å². The number of sulfonamides is 1. The quantitative estimate of drug-likeness (QED) is 0.550. The average Bonchev–Trinajstić information content (AvgIpc) is 2.67. The van der Waals surface area contributed by atoms with E-state index in [0.717, 1.165) is 12.8 Å². The van der Waals surface area contributed by atoms with E-state index >= 15 is 0 Å². The molecule has 7 heteroatoms. The molecule has 0 aromatic rings. The van der Waals surface area contributed by atoms with Crippen molar-refractivity contribution in [2.45, 2.75) is 37.0 Å². The van der Waals surface area contributed by atoms with E-state index in [0.29, 0.717) is 12.8 Å². The van der Waals surface area contributed by atoms with Crippen LogP contribution in [0.5, 0.6) is 0 Å². The lowest BCUT2D eigenvalue weighted by atomic mass is 10.3. The Bertz CT molecular complexity index is 322. The number of primary amides is 1. The molecule has 0 bridgehead atoms. The first-order valence-electron chi connectivity index (χ1n) is 4.89. The summed E-state index contributed by atoms with van der Waals surface area (Å²) in [5, 5.41) is 8.64. The third-order valence-electron chi connectivity index (χ3n) is 2.55. The molecule has 88 valence electrons. The third kappa shape index (κ3) is 3.44. The zero-order valence-corrected chi connectivity index (χ0v) is 9.16. The standard InChI is InChI=1S/C8H16N2O4S/c9-8(12)7(11)5-10-15(13,14)6-3-1-2-4-6/h6-7,10-11H,1-5H2,(H2,9,12). The van der Waals surface area contributed by atoms with Gasteiger partial charge in [-0.15, -0.1) is 0 Å². The molecule has 1 unspecified atom stereocenters. The van der Waals surface area contributed by atoms with Crippen molar-refractivity contribution in [2.24, 2.45) is 5.73 Å². The maximum atomic E-state index is 11.6. The molecule has 0 aromatic heterocycles. The van der Waals surface area contributed by atoms with Crippen molar-refractivity contribution in [1.29, 1.82) is 0 Å². The maximum Gasteiger partial charge on any atom is 0.247 e. The van der Waals surface area contributed by atoms with E-state index in [1.807, 2.05) is 0 Å². The molecule has 1 fully saturated rings. The van der Waals surface area contributed by atoms with Crippen molar-refractivity contribution in [3.63, 3.8) is 0 Å². The lowest BCUT2D eigenvalue weighted by molar-refractivity contribution is -0.125. The molecular weight excluding hydrogens is 220 g/mol. The van der Waals surface area contributed by atoms with Gasteiger partial charge in [0.15, 0.2) is 0 Å². The van der Waals surface area contributed by atoms with Crippen molar-refractivity contribution in [3.05, 3.63) is 0 Å². The molecule has 4 N–H and O–H groups in total. The first-order chi connectivity index (χ1) is 6.93. The summed E-state index contributed by atoms with van der Waals surface area (Å²) >= 11 is 0. The summed E-state index contributed by atoms with van der Waals surface area (Å²) in [5.74, 6) is -0.927. The third-order valence-corrected chi connectivity index (χ3v) is 4.47. The summed E-state index contributed by atoms with van der Waals surface area (Å²) in [6.07, 6.45) is 1.64. The Morgan fingerprint density at radius 1 is 1.47 bits per heavy atom. The van der Waals surface area contributed by atoms with E-state index in [2.05, 4.69) is 4.72 Å². The summed E-state index contributed by atoms with van der Waals surface area (Å²) < 4.78 is 25.4. The van der Waals surface area contributed by atoms with Crippen LogP contribution in [0.2, 0.25) is 0 Å². The first kappa shape index (κ1) is 12.4. The SMILES string of the molecule is NC(=O)C(O)CNS(=O)(=O)C1CCCC1. The van der Waals surface area contributed by atoms with Crippen LogP contribution in [0, 0.1) is 0 Å². The van der Waals surface area contributed by atoms with Crippen LogP contribution in [-0.4, -0.2) is 37.3 Å². The number of carbonyl (C=O) groups excluding carboxylic acids is 1. The number of nitrogens with two attached hydrogens (primary N) is 1. The summed E-state index contributed by atoms with van der Waals surface area (Å²) in [6, 6.07) is 0. The van der Waals surface area contributed by atoms with E-state index in [-0.39, 0.29) is 6.54 Å². The van der Waals surface area contributed by atoms with Gasteiger partial charge in [0.05, 0.1) is 5.25 Å². The molecule has 0 saturated heterocycles. The normalized spacial score (nSPS) is 20.3. The summed E-state index contributed by atoms with van der Waals surface area (Å²) in [5.41, 5.74) is 4.80. The topological polar surface area (TPSA) is 109 Å². The second-order valence-corrected chi connectivity index (χ2v) is 5.76. The summed E-state index contributed by atoms with van der Waals surface area (Å²) in [4.78, 5) is 10.5. The Kier molecular flexibility index (Phi) is 4.06. The van der Waals surface area contributed by atoms with Gasteiger partial charge in [0.2, 0.25) is 15.9 Å². The van der Waals surface area contributed by atoms with E-state index < -0.39 is 27.3 Å². The van der Waals surface area contributed by atoms with Gasteiger partial charge in [-0.2, -0.15) is 0 Å². The molecule has 0 heterocycles. The minimum atomic E-state index is -3.41. The predicted molar refractivity (Wildman–Crippen MR) is 54.4 cm³/mol. The lowest BCUT2D eigenvalue weighted by Gasteiger charge is -2.13. The van der Waals surface area contributed by atoms with Crippen LogP contribution in [0.1, 0.15) is 25.7 Å². The fraction of sp³-hybridized carbons (Fsp3) is 0.875. The molecule has 1 aliphatic rings. The molecule has 1 aliphatic carbocycles. The van der Waals surface area contributed by atoms with Crippen LogP contribution in [0.3, 0.4) is 0 Å². The molecular formula is C8H16N2O4S. The molecule has 0 aliphatic heterocycles. The number of nitrogens with one attached hydrogen (secondary N) is 1. The maximum absolute atomic E-state index is 11.6. The number of aliphatic hydroxyl groups is 1. The Morgan fingerprint density at radius 3 is 2.47 bits per heavy atom. The zero-order chi connectivity index (χ0) is 11.5. The molecule has 0 radical (unpaired) electrons. The molecule has 0 spiro atoms. The van der Waals surface area contributed by atoms with Gasteiger partial charge < -0.3 is 10.8 Å². The summed E-state index contributed by atoms with van der Waals surface area (Å²) in [6.45, 7) is -0.339. The van der Waals surface area contributed by atoms with Crippen LogP contribution in [-0.2, 0) is 14.8 Å². The highest BCUT2D eigenvalue weighted by molar-refractivity contribution is 7.90. The van der Waals surface area contributed by atoms with Crippen LogP contribution in [0.4, 0.5) is 0 Å². The highest BCUT2D eigenvalue weighted by Crippen LogP contribution is 2.23. The van der Waals surface area contributed by atoms with Crippen LogP contribution >= 0.6 is 0 Å². The number of rotatable bonds is 5. The van der Waals surface area contributed by atoms with Gasteiger partial charge in [-0.05, 0) is 12.8 Å². The van der Waals surface area contributed by atoms with E-state index in [9.17, 15) is 13.2 Å². The molecule has 1 saturated carbocycles. The Hall–Kier alpha value is -0.660. The highest BCUT2D eigenvalue weighted by Gasteiger charge is 2.29. The molecule has 0 aromatic carbocycles. The Morgan fingerprint density at radius 2 is 2.00 bits per heavy atom. The summed E-state index contributed by atoms with van der Waals surface area (Å²) in [7, 11) is -3.41. The minimum absolute atomic E-state index is 0.339. The predicted octanol–water partition coefficient (Wildman–Crippen LogP) is -1.31. The van der Waals surface area contributed by atoms with Gasteiger partial charge in [0.25, 0.3) is 0 Å². The van der Waals surface area contributed by atoms with E-state index in [1.54, 1.807) is 0 Å². The smallest absolute Gasteiger partial charge is 0.247 e. The van der Waals surface area contributed by atoms with Crippen molar-refractivity contribution in [1.82, 2.24) is 4.72 Å². The fourth-order valence-corrected chi connectivity index (χ4v) is 3.19. The highest BCUT2D eigenvalue weighted by atomic mass is 32.2. The van der Waals surface area contributed by atoms with Gasteiger partial charge in [-0.1, -0.05) is 12.8 Å². The number of hydrogen-bond acceptors (Lipinski definition) is 4. The largest absolute Gasteiger partial charge is 0.382 e. The molecule has 1 atom stereocenters. The van der Waals surface area contributed by atoms with Crippen LogP contribution in [0.15, 0.2) is 0 Å². The number of amides is 1. The number of carbonyl (C=O) groups is 1. The van der Waals surface area contributed by atoms with Crippen molar-refractivity contribution in [3.8, 4) is 0 Å². The van der Waals surface area contributed by atoms with E-state index in [4.69, 9.17) is 10.8 Å². The number of aliphatic hydroxyl groups excluding tert-OH is 1. The molecule has 1 rings (SSSR count). The van der Waals surface area contributed by atoms with Crippen LogP contribution in [0.25, 0.3) is 0 Å². The Balaban J connectivity index is 2.46. The monoisotopic (exact) mass is 236 g/mol. The van der Waals surface area contributed by atoms with E-state index in [1.165, 1.54) is 0 Å².